The first kappa shape index (κ1) is 11.5. The molecule has 0 aromatic heterocycles. The molecule has 0 aliphatic carbocycles. The van der Waals surface area contributed by atoms with Gasteiger partial charge in [0.1, 0.15) is 11.5 Å². The summed E-state index contributed by atoms with van der Waals surface area (Å²) in [5.41, 5.74) is -0.969. The fraction of sp³-hybridized carbons (Fsp3) is 0.538. The van der Waals surface area contributed by atoms with E-state index in [2.05, 4.69) is 5.32 Å². The summed E-state index contributed by atoms with van der Waals surface area (Å²) in [6.07, 6.45) is 1.62. The van der Waals surface area contributed by atoms with Crippen molar-refractivity contribution in [3.05, 3.63) is 35.6 Å². The average molecular weight is 225 g/mol. The molecule has 0 saturated carbocycles. The average Bonchev–Trinajstić information content (AvgIpc) is 2.30. The number of hydrogen-bond donors (Lipinski definition) is 1. The molecule has 1 N–H and O–H groups in total. The summed E-state index contributed by atoms with van der Waals surface area (Å²) in [4.78, 5) is 0. The Hall–Kier alpha value is -0.960. The molecule has 3 heteroatoms. The lowest BCUT2D eigenvalue weighted by Gasteiger charge is -2.34. The van der Waals surface area contributed by atoms with Gasteiger partial charge in [-0.2, -0.15) is 0 Å². The highest BCUT2D eigenvalue weighted by Crippen LogP contribution is 2.38. The summed E-state index contributed by atoms with van der Waals surface area (Å²) in [7, 11) is 0. The topological polar surface area (TPSA) is 12.0 Å². The van der Waals surface area contributed by atoms with Crippen molar-refractivity contribution >= 4 is 0 Å². The van der Waals surface area contributed by atoms with Crippen LogP contribution in [0.2, 0.25) is 0 Å². The maximum Gasteiger partial charge on any atom is 0.136 e. The lowest BCUT2D eigenvalue weighted by Crippen LogP contribution is -2.37. The Kier molecular flexibility index (Phi) is 3.24. The third kappa shape index (κ3) is 2.24. The van der Waals surface area contributed by atoms with E-state index in [0.717, 1.165) is 25.9 Å². The highest BCUT2D eigenvalue weighted by atomic mass is 19.1. The van der Waals surface area contributed by atoms with Crippen molar-refractivity contribution in [2.24, 2.45) is 5.92 Å². The van der Waals surface area contributed by atoms with E-state index in [9.17, 15) is 8.78 Å². The first-order chi connectivity index (χ1) is 7.60. The molecular formula is C13H17F2N. The second-order valence-corrected chi connectivity index (χ2v) is 4.61. The van der Waals surface area contributed by atoms with Crippen molar-refractivity contribution in [3.8, 4) is 0 Å². The third-order valence-electron chi connectivity index (χ3n) is 3.49. The zero-order chi connectivity index (χ0) is 11.6. The summed E-state index contributed by atoms with van der Waals surface area (Å²) in [6.45, 7) is 3.26. The van der Waals surface area contributed by atoms with Crippen LogP contribution in [-0.2, 0) is 5.67 Å². The molecule has 1 nitrogen and oxygen atoms in total. The molecule has 1 heterocycles. The quantitative estimate of drug-likeness (QED) is 0.815. The fourth-order valence-corrected chi connectivity index (χ4v) is 2.39. The summed E-state index contributed by atoms with van der Waals surface area (Å²) < 4.78 is 27.8. The largest absolute Gasteiger partial charge is 0.317 e. The molecule has 1 fully saturated rings. The molecule has 88 valence electrons. The Balaban J connectivity index is 2.22. The van der Waals surface area contributed by atoms with Gasteiger partial charge in [0.15, 0.2) is 0 Å². The van der Waals surface area contributed by atoms with Gasteiger partial charge in [-0.15, -0.1) is 0 Å². The van der Waals surface area contributed by atoms with Gasteiger partial charge in [0.2, 0.25) is 0 Å². The van der Waals surface area contributed by atoms with Gasteiger partial charge < -0.3 is 5.32 Å². The lowest BCUT2D eigenvalue weighted by molar-refractivity contribution is 0.0770. The molecule has 1 unspecified atom stereocenters. The van der Waals surface area contributed by atoms with Crippen LogP contribution in [-0.4, -0.2) is 13.1 Å². The summed E-state index contributed by atoms with van der Waals surface area (Å²) in [5, 5.41) is 3.21. The number of hydrogen-bond acceptors (Lipinski definition) is 1. The van der Waals surface area contributed by atoms with Gasteiger partial charge in [-0.25, -0.2) is 8.78 Å². The molecular weight excluding hydrogens is 208 g/mol. The number of nitrogens with one attached hydrogen (secondary N) is 1. The Morgan fingerprint density at radius 2 is 2.00 bits per heavy atom. The molecule has 1 saturated heterocycles. The van der Waals surface area contributed by atoms with Crippen molar-refractivity contribution in [3.63, 3.8) is 0 Å². The van der Waals surface area contributed by atoms with Crippen LogP contribution in [0.4, 0.5) is 8.78 Å². The Bertz CT molecular complexity index is 357. The maximum absolute atomic E-state index is 14.7. The minimum absolute atomic E-state index is 0.0180. The fourth-order valence-electron chi connectivity index (χ4n) is 2.39. The van der Waals surface area contributed by atoms with Crippen LogP contribution in [0.15, 0.2) is 24.3 Å². The van der Waals surface area contributed by atoms with E-state index in [1.54, 1.807) is 19.1 Å². The van der Waals surface area contributed by atoms with Crippen molar-refractivity contribution in [2.75, 3.05) is 13.1 Å². The van der Waals surface area contributed by atoms with Crippen molar-refractivity contribution in [1.29, 1.82) is 0 Å². The van der Waals surface area contributed by atoms with Crippen LogP contribution >= 0.6 is 0 Å². The molecule has 1 atom stereocenters. The molecule has 0 amide bonds. The van der Waals surface area contributed by atoms with Crippen molar-refractivity contribution in [1.82, 2.24) is 5.32 Å². The highest BCUT2D eigenvalue weighted by molar-refractivity contribution is 5.23. The number of halogens is 2. The van der Waals surface area contributed by atoms with Crippen molar-refractivity contribution < 1.29 is 8.78 Å². The van der Waals surface area contributed by atoms with Crippen LogP contribution in [0, 0.1) is 11.7 Å². The number of rotatable bonds is 2. The van der Waals surface area contributed by atoms with E-state index >= 15 is 0 Å². The maximum atomic E-state index is 14.7. The van der Waals surface area contributed by atoms with E-state index < -0.39 is 5.67 Å². The van der Waals surface area contributed by atoms with Gasteiger partial charge in [-0.3, -0.25) is 0 Å². The zero-order valence-corrected chi connectivity index (χ0v) is 9.47. The summed E-state index contributed by atoms with van der Waals surface area (Å²) >= 11 is 0. The van der Waals surface area contributed by atoms with Crippen LogP contribution in [0.3, 0.4) is 0 Å². The van der Waals surface area contributed by atoms with Gasteiger partial charge in [0.05, 0.1) is 0 Å². The Morgan fingerprint density at radius 1 is 1.31 bits per heavy atom. The number of alkyl halides is 1. The second-order valence-electron chi connectivity index (χ2n) is 4.61. The van der Waals surface area contributed by atoms with E-state index in [-0.39, 0.29) is 11.7 Å². The van der Waals surface area contributed by atoms with Crippen LogP contribution in [0.25, 0.3) is 0 Å². The molecule has 0 spiro atoms. The van der Waals surface area contributed by atoms with Crippen LogP contribution in [0.1, 0.15) is 25.3 Å². The number of benzene rings is 1. The Labute approximate surface area is 94.9 Å². The molecule has 0 bridgehead atoms. The van der Waals surface area contributed by atoms with Crippen molar-refractivity contribution in [2.45, 2.75) is 25.4 Å². The lowest BCUT2D eigenvalue weighted by atomic mass is 9.79. The van der Waals surface area contributed by atoms with Gasteiger partial charge in [0, 0.05) is 0 Å². The molecule has 0 radical (unpaired) electrons. The molecule has 1 aromatic carbocycles. The van der Waals surface area contributed by atoms with E-state index in [0.29, 0.717) is 5.56 Å². The normalized spacial score (nSPS) is 21.7. The number of piperidine rings is 1. The first-order valence-electron chi connectivity index (χ1n) is 5.76. The highest BCUT2D eigenvalue weighted by Gasteiger charge is 2.36. The van der Waals surface area contributed by atoms with Gasteiger partial charge in [-0.05, 0) is 56.5 Å². The predicted octanol–water partition coefficient (Wildman–Crippen LogP) is 3.01. The first-order valence-corrected chi connectivity index (χ1v) is 5.76. The SMILES string of the molecule is CC(F)(c1cccc(F)c1)C1CCNCC1. The zero-order valence-electron chi connectivity index (χ0n) is 9.47. The van der Waals surface area contributed by atoms with E-state index in [1.807, 2.05) is 0 Å². The summed E-state index contributed by atoms with van der Waals surface area (Å²) in [5.74, 6) is -0.383. The van der Waals surface area contributed by atoms with E-state index in [1.165, 1.54) is 12.1 Å². The minimum Gasteiger partial charge on any atom is -0.317 e. The third-order valence-corrected chi connectivity index (χ3v) is 3.49. The van der Waals surface area contributed by atoms with Gasteiger partial charge in [-0.1, -0.05) is 12.1 Å². The standard InChI is InChI=1S/C13H17F2N/c1-13(15,10-5-7-16-8-6-10)11-3-2-4-12(14)9-11/h2-4,9-10,16H,5-8H2,1H3. The molecule has 1 aliphatic rings. The Morgan fingerprint density at radius 3 is 2.62 bits per heavy atom. The molecule has 16 heavy (non-hydrogen) atoms. The minimum atomic E-state index is -1.43. The molecule has 2 rings (SSSR count). The van der Waals surface area contributed by atoms with E-state index in [4.69, 9.17) is 0 Å². The summed E-state index contributed by atoms with van der Waals surface area (Å²) in [6, 6.07) is 5.90. The van der Waals surface area contributed by atoms with Crippen LogP contribution in [0.5, 0.6) is 0 Å². The molecule has 1 aliphatic heterocycles. The predicted molar refractivity (Wildman–Crippen MR) is 60.5 cm³/mol. The van der Waals surface area contributed by atoms with Gasteiger partial charge >= 0.3 is 0 Å². The monoisotopic (exact) mass is 225 g/mol. The van der Waals surface area contributed by atoms with Gasteiger partial charge in [0.25, 0.3) is 0 Å². The molecule has 1 aromatic rings. The van der Waals surface area contributed by atoms with Crippen LogP contribution < -0.4 is 5.32 Å². The smallest absolute Gasteiger partial charge is 0.136 e. The second kappa shape index (κ2) is 4.50.